The van der Waals surface area contributed by atoms with Gasteiger partial charge in [0.25, 0.3) is 0 Å². The number of amides is 1. The summed E-state index contributed by atoms with van der Waals surface area (Å²) in [6, 6.07) is 5.76. The monoisotopic (exact) mass is 388 g/mol. The third kappa shape index (κ3) is 7.45. The first-order chi connectivity index (χ1) is 11.7. The van der Waals surface area contributed by atoms with Crippen molar-refractivity contribution < 1.29 is 22.7 Å². The van der Waals surface area contributed by atoms with Crippen LogP contribution in [0.3, 0.4) is 0 Å². The van der Waals surface area contributed by atoms with Crippen LogP contribution in [-0.4, -0.2) is 44.4 Å². The zero-order valence-corrected chi connectivity index (χ0v) is 16.4. The van der Waals surface area contributed by atoms with Crippen LogP contribution in [0.2, 0.25) is 0 Å². The second-order valence-electron chi connectivity index (χ2n) is 5.63. The van der Waals surface area contributed by atoms with Gasteiger partial charge in [0.2, 0.25) is 15.9 Å². The van der Waals surface area contributed by atoms with Crippen molar-refractivity contribution in [1.82, 2.24) is 4.72 Å². The van der Waals surface area contributed by atoms with Crippen LogP contribution in [0.4, 0.5) is 5.69 Å². The van der Waals surface area contributed by atoms with Crippen LogP contribution in [0.15, 0.2) is 29.2 Å². The Kier molecular flexibility index (Phi) is 8.40. The Labute approximate surface area is 153 Å². The summed E-state index contributed by atoms with van der Waals surface area (Å²) >= 11 is 1.34. The van der Waals surface area contributed by atoms with E-state index in [-0.39, 0.29) is 34.5 Å². The van der Waals surface area contributed by atoms with Gasteiger partial charge in [-0.2, -0.15) is 0 Å². The fourth-order valence-corrected chi connectivity index (χ4v) is 3.94. The van der Waals surface area contributed by atoms with Gasteiger partial charge >= 0.3 is 5.97 Å². The van der Waals surface area contributed by atoms with Gasteiger partial charge in [-0.05, 0) is 45.0 Å². The number of sulfonamides is 1. The Balaban J connectivity index is 2.59. The maximum absolute atomic E-state index is 12.1. The maximum atomic E-state index is 12.1. The second-order valence-corrected chi connectivity index (χ2v) is 8.79. The summed E-state index contributed by atoms with van der Waals surface area (Å²) in [5, 5.41) is 2.37. The number of carbonyl (C=O) groups excluding carboxylic acids is 2. The molecule has 0 radical (unpaired) electrons. The molecule has 0 heterocycles. The number of nitrogens with one attached hydrogen (secondary N) is 2. The zero-order chi connectivity index (χ0) is 19.0. The highest BCUT2D eigenvalue weighted by Gasteiger charge is 2.17. The SMILES string of the molecule is COC(=O)CCS[C@@H](C)C(=O)Nc1ccc(S(=O)(=O)NC(C)C)cc1. The average molecular weight is 389 g/mol. The third-order valence-electron chi connectivity index (χ3n) is 3.09. The molecule has 1 rings (SSSR count). The number of hydrogen-bond donors (Lipinski definition) is 2. The van der Waals surface area contributed by atoms with Gasteiger partial charge in [0.15, 0.2) is 0 Å². The van der Waals surface area contributed by atoms with E-state index in [1.165, 1.54) is 31.0 Å². The molecule has 0 bridgehead atoms. The molecule has 0 aliphatic rings. The van der Waals surface area contributed by atoms with Crippen LogP contribution in [0, 0.1) is 0 Å². The van der Waals surface area contributed by atoms with E-state index in [1.807, 2.05) is 0 Å². The number of esters is 1. The summed E-state index contributed by atoms with van der Waals surface area (Å²) in [5.41, 5.74) is 0.508. The molecule has 1 atom stereocenters. The Morgan fingerprint density at radius 2 is 1.76 bits per heavy atom. The van der Waals surface area contributed by atoms with Crippen molar-refractivity contribution in [2.45, 2.75) is 43.4 Å². The highest BCUT2D eigenvalue weighted by atomic mass is 32.2. The smallest absolute Gasteiger partial charge is 0.306 e. The minimum absolute atomic E-state index is 0.139. The third-order valence-corrected chi connectivity index (χ3v) is 5.92. The first-order valence-corrected chi connectivity index (χ1v) is 10.3. The van der Waals surface area contributed by atoms with E-state index in [9.17, 15) is 18.0 Å². The maximum Gasteiger partial charge on any atom is 0.306 e. The Morgan fingerprint density at radius 1 is 1.16 bits per heavy atom. The van der Waals surface area contributed by atoms with Crippen LogP contribution in [0.25, 0.3) is 0 Å². The van der Waals surface area contributed by atoms with Crippen LogP contribution >= 0.6 is 11.8 Å². The zero-order valence-electron chi connectivity index (χ0n) is 14.7. The van der Waals surface area contributed by atoms with Crippen LogP contribution in [0.1, 0.15) is 27.2 Å². The molecule has 0 fully saturated rings. The molecule has 7 nitrogen and oxygen atoms in total. The number of carbonyl (C=O) groups is 2. The van der Waals surface area contributed by atoms with Gasteiger partial charge in [-0.25, -0.2) is 13.1 Å². The molecule has 0 saturated carbocycles. The van der Waals surface area contributed by atoms with Gasteiger partial charge in [0.1, 0.15) is 0 Å². The molecule has 9 heteroatoms. The molecule has 140 valence electrons. The predicted octanol–water partition coefficient (Wildman–Crippen LogP) is 2.00. The molecule has 25 heavy (non-hydrogen) atoms. The molecule has 0 spiro atoms. The number of benzene rings is 1. The first kappa shape index (κ1) is 21.5. The molecular weight excluding hydrogens is 364 g/mol. The molecule has 0 aromatic heterocycles. The molecule has 2 N–H and O–H groups in total. The van der Waals surface area contributed by atoms with E-state index in [2.05, 4.69) is 14.8 Å². The van der Waals surface area contributed by atoms with Crippen molar-refractivity contribution >= 4 is 39.3 Å². The van der Waals surface area contributed by atoms with Crippen molar-refractivity contribution in [3.63, 3.8) is 0 Å². The predicted molar refractivity (Wildman–Crippen MR) is 99.1 cm³/mol. The average Bonchev–Trinajstić information content (AvgIpc) is 2.53. The molecule has 1 aromatic carbocycles. The van der Waals surface area contributed by atoms with E-state index < -0.39 is 10.0 Å². The van der Waals surface area contributed by atoms with Crippen molar-refractivity contribution in [2.24, 2.45) is 0 Å². The number of anilines is 1. The largest absolute Gasteiger partial charge is 0.469 e. The summed E-state index contributed by atoms with van der Waals surface area (Å²) in [7, 11) is -2.23. The lowest BCUT2D eigenvalue weighted by Gasteiger charge is -2.13. The molecule has 0 unspecified atom stereocenters. The van der Waals surface area contributed by atoms with Gasteiger partial charge in [0.05, 0.1) is 23.7 Å². The van der Waals surface area contributed by atoms with Gasteiger partial charge < -0.3 is 10.1 Å². The standard InChI is InChI=1S/C16H24N2O5S2/c1-11(2)18-25(21,22)14-7-5-13(6-8-14)17-16(20)12(3)24-10-9-15(19)23-4/h5-8,11-12,18H,9-10H2,1-4H3,(H,17,20)/t12-/m0/s1. The Hall–Kier alpha value is -1.58. The number of thioether (sulfide) groups is 1. The van der Waals surface area contributed by atoms with Gasteiger partial charge in [-0.15, -0.1) is 11.8 Å². The molecular formula is C16H24N2O5S2. The highest BCUT2D eigenvalue weighted by Crippen LogP contribution is 2.17. The molecule has 0 aliphatic heterocycles. The van der Waals surface area contributed by atoms with Crippen molar-refractivity contribution in [3.8, 4) is 0 Å². The number of ether oxygens (including phenoxy) is 1. The van der Waals surface area contributed by atoms with Crippen LogP contribution in [0.5, 0.6) is 0 Å². The fourth-order valence-electron chi connectivity index (χ4n) is 1.84. The summed E-state index contributed by atoms with van der Waals surface area (Å²) < 4.78 is 31.1. The van der Waals surface area contributed by atoms with Gasteiger partial charge in [-0.1, -0.05) is 0 Å². The van der Waals surface area contributed by atoms with Gasteiger partial charge in [-0.3, -0.25) is 9.59 Å². The normalized spacial score (nSPS) is 12.7. The molecule has 1 aromatic rings. The van der Waals surface area contributed by atoms with Crippen molar-refractivity contribution in [2.75, 3.05) is 18.2 Å². The number of methoxy groups -OCH3 is 1. The van der Waals surface area contributed by atoms with E-state index >= 15 is 0 Å². The molecule has 0 saturated heterocycles. The van der Waals surface area contributed by atoms with E-state index in [0.29, 0.717) is 11.4 Å². The molecule has 0 aliphatic carbocycles. The summed E-state index contributed by atoms with van der Waals surface area (Å²) in [4.78, 5) is 23.3. The second kappa shape index (κ2) is 9.79. The van der Waals surface area contributed by atoms with E-state index in [4.69, 9.17) is 0 Å². The van der Waals surface area contributed by atoms with Crippen LogP contribution in [-0.2, 0) is 24.3 Å². The topological polar surface area (TPSA) is 102 Å². The minimum Gasteiger partial charge on any atom is -0.469 e. The van der Waals surface area contributed by atoms with Crippen LogP contribution < -0.4 is 10.0 Å². The van der Waals surface area contributed by atoms with Crippen molar-refractivity contribution in [1.29, 1.82) is 0 Å². The fraction of sp³-hybridized carbons (Fsp3) is 0.500. The number of rotatable bonds is 9. The lowest BCUT2D eigenvalue weighted by Crippen LogP contribution is -2.30. The minimum atomic E-state index is -3.55. The van der Waals surface area contributed by atoms with E-state index in [0.717, 1.165) is 0 Å². The lowest BCUT2D eigenvalue weighted by molar-refractivity contribution is -0.140. The van der Waals surface area contributed by atoms with E-state index in [1.54, 1.807) is 32.9 Å². The quantitative estimate of drug-likeness (QED) is 0.628. The Morgan fingerprint density at radius 3 is 2.28 bits per heavy atom. The first-order valence-electron chi connectivity index (χ1n) is 7.77. The Bertz CT molecular complexity index is 687. The van der Waals surface area contributed by atoms with Gasteiger partial charge in [0, 0.05) is 17.5 Å². The highest BCUT2D eigenvalue weighted by molar-refractivity contribution is 8.00. The summed E-state index contributed by atoms with van der Waals surface area (Å²) in [6.45, 7) is 5.22. The summed E-state index contributed by atoms with van der Waals surface area (Å²) in [5.74, 6) is -0.0445. The molecule has 1 amide bonds. The summed E-state index contributed by atoms with van der Waals surface area (Å²) in [6.07, 6.45) is 0.244. The number of hydrogen-bond acceptors (Lipinski definition) is 6. The van der Waals surface area contributed by atoms with Crippen molar-refractivity contribution in [3.05, 3.63) is 24.3 Å². The lowest BCUT2D eigenvalue weighted by atomic mass is 10.3.